The van der Waals surface area contributed by atoms with Gasteiger partial charge >= 0.3 is 0 Å². The number of anilines is 2. The summed E-state index contributed by atoms with van der Waals surface area (Å²) >= 11 is 5.76. The molecule has 16 heavy (non-hydrogen) atoms. The van der Waals surface area contributed by atoms with Crippen molar-refractivity contribution in [3.05, 3.63) is 23.2 Å². The Bertz CT molecular complexity index is 366. The molecular weight excluding hydrogens is 224 g/mol. The molecule has 1 aromatic rings. The fourth-order valence-corrected chi connectivity index (χ4v) is 1.58. The highest BCUT2D eigenvalue weighted by atomic mass is 35.5. The normalized spacial score (nSPS) is 10.1. The number of rotatable bonds is 5. The second-order valence-corrected chi connectivity index (χ2v) is 4.17. The van der Waals surface area contributed by atoms with Crippen LogP contribution in [0.15, 0.2) is 18.2 Å². The first kappa shape index (κ1) is 12.8. The van der Waals surface area contributed by atoms with Crippen LogP contribution < -0.4 is 11.1 Å². The molecule has 1 rings (SSSR count). The summed E-state index contributed by atoms with van der Waals surface area (Å²) < 4.78 is 0. The first-order valence-electron chi connectivity index (χ1n) is 5.48. The van der Waals surface area contributed by atoms with Gasteiger partial charge in [0.25, 0.3) is 0 Å². The monoisotopic (exact) mass is 240 g/mol. The highest BCUT2D eigenvalue weighted by Gasteiger charge is 2.05. The molecule has 0 aliphatic rings. The maximum absolute atomic E-state index is 11.5. The lowest BCUT2D eigenvalue weighted by molar-refractivity contribution is -0.116. The van der Waals surface area contributed by atoms with Crippen molar-refractivity contribution in [3.63, 3.8) is 0 Å². The summed E-state index contributed by atoms with van der Waals surface area (Å²) in [5.41, 5.74) is 6.85. The predicted octanol–water partition coefficient (Wildman–Crippen LogP) is 3.44. The number of hydrogen-bond acceptors (Lipinski definition) is 2. The Morgan fingerprint density at radius 1 is 1.44 bits per heavy atom. The van der Waals surface area contributed by atoms with Crippen LogP contribution in [0.25, 0.3) is 0 Å². The van der Waals surface area contributed by atoms with E-state index in [2.05, 4.69) is 12.2 Å². The molecule has 0 aromatic heterocycles. The van der Waals surface area contributed by atoms with E-state index in [1.807, 2.05) is 0 Å². The van der Waals surface area contributed by atoms with Crippen molar-refractivity contribution in [1.29, 1.82) is 0 Å². The van der Waals surface area contributed by atoms with E-state index in [4.69, 9.17) is 17.3 Å². The quantitative estimate of drug-likeness (QED) is 0.612. The molecule has 0 fully saturated rings. The Labute approximate surface area is 101 Å². The lowest BCUT2D eigenvalue weighted by Gasteiger charge is -2.08. The third-order valence-electron chi connectivity index (χ3n) is 2.30. The van der Waals surface area contributed by atoms with Gasteiger partial charge in [-0.1, -0.05) is 31.4 Å². The number of nitrogens with two attached hydrogens (primary N) is 1. The summed E-state index contributed by atoms with van der Waals surface area (Å²) in [5, 5.41) is 3.34. The number of nitrogen functional groups attached to an aromatic ring is 1. The molecule has 0 saturated heterocycles. The molecule has 1 amide bonds. The van der Waals surface area contributed by atoms with Crippen molar-refractivity contribution < 1.29 is 4.79 Å². The number of carbonyl (C=O) groups excluding carboxylic acids is 1. The fourth-order valence-electron chi connectivity index (χ4n) is 1.40. The summed E-state index contributed by atoms with van der Waals surface area (Å²) in [5.74, 6) is 0.00229. The van der Waals surface area contributed by atoms with Gasteiger partial charge in [0.05, 0.1) is 11.4 Å². The summed E-state index contributed by atoms with van der Waals surface area (Å²) in [6, 6.07) is 5.05. The molecule has 0 bridgehead atoms. The maximum Gasteiger partial charge on any atom is 0.224 e. The standard InChI is InChI=1S/C12H17ClN2O/c1-2-3-4-5-12(16)15-11-7-6-9(13)8-10(11)14/h6-8H,2-5,14H2,1H3,(H,15,16). The van der Waals surface area contributed by atoms with Gasteiger partial charge in [0.15, 0.2) is 0 Å². The van der Waals surface area contributed by atoms with Gasteiger partial charge in [0, 0.05) is 11.4 Å². The molecule has 0 atom stereocenters. The molecule has 0 aliphatic heterocycles. The number of carbonyl (C=O) groups is 1. The van der Waals surface area contributed by atoms with Crippen molar-refractivity contribution in [2.45, 2.75) is 32.6 Å². The topological polar surface area (TPSA) is 55.1 Å². The summed E-state index contributed by atoms with van der Waals surface area (Å²) in [6.07, 6.45) is 3.63. The zero-order chi connectivity index (χ0) is 12.0. The van der Waals surface area contributed by atoms with E-state index in [-0.39, 0.29) is 5.91 Å². The van der Waals surface area contributed by atoms with Crippen LogP contribution >= 0.6 is 11.6 Å². The number of nitrogens with one attached hydrogen (secondary N) is 1. The van der Waals surface area contributed by atoms with E-state index in [1.165, 1.54) is 0 Å². The highest BCUT2D eigenvalue weighted by molar-refractivity contribution is 6.31. The summed E-state index contributed by atoms with van der Waals surface area (Å²) in [7, 11) is 0. The van der Waals surface area contributed by atoms with Crippen molar-refractivity contribution >= 4 is 28.9 Å². The second kappa shape index (κ2) is 6.38. The van der Waals surface area contributed by atoms with Gasteiger partial charge in [-0.2, -0.15) is 0 Å². The Kier molecular flexibility index (Phi) is 5.12. The predicted molar refractivity (Wildman–Crippen MR) is 68.6 cm³/mol. The molecule has 0 unspecified atom stereocenters. The minimum atomic E-state index is 0.00229. The number of unbranched alkanes of at least 4 members (excludes halogenated alkanes) is 2. The molecule has 3 N–H and O–H groups in total. The van der Waals surface area contributed by atoms with Crippen LogP contribution in [0, 0.1) is 0 Å². The van der Waals surface area contributed by atoms with Gasteiger partial charge in [-0.05, 0) is 24.6 Å². The summed E-state index contributed by atoms with van der Waals surface area (Å²) in [6.45, 7) is 2.11. The number of halogens is 1. The van der Waals surface area contributed by atoms with Crippen LogP contribution in [0.5, 0.6) is 0 Å². The minimum absolute atomic E-state index is 0.00229. The zero-order valence-electron chi connectivity index (χ0n) is 9.42. The Morgan fingerprint density at radius 3 is 2.81 bits per heavy atom. The largest absolute Gasteiger partial charge is 0.397 e. The van der Waals surface area contributed by atoms with Crippen LogP contribution in [-0.2, 0) is 4.79 Å². The molecule has 0 spiro atoms. The average Bonchev–Trinajstić information content (AvgIpc) is 2.23. The average molecular weight is 241 g/mol. The molecule has 0 heterocycles. The first-order valence-corrected chi connectivity index (χ1v) is 5.86. The molecule has 0 saturated carbocycles. The third kappa shape index (κ3) is 4.11. The fraction of sp³-hybridized carbons (Fsp3) is 0.417. The van der Waals surface area contributed by atoms with Crippen LogP contribution in [0.1, 0.15) is 32.6 Å². The van der Waals surface area contributed by atoms with Crippen molar-refractivity contribution in [2.75, 3.05) is 11.1 Å². The van der Waals surface area contributed by atoms with Crippen LogP contribution in [0.4, 0.5) is 11.4 Å². The molecule has 1 aromatic carbocycles. The van der Waals surface area contributed by atoms with E-state index in [0.717, 1.165) is 19.3 Å². The van der Waals surface area contributed by atoms with Gasteiger partial charge in [-0.25, -0.2) is 0 Å². The van der Waals surface area contributed by atoms with E-state index in [0.29, 0.717) is 22.8 Å². The molecule has 4 heteroatoms. The Balaban J connectivity index is 2.49. The lowest BCUT2D eigenvalue weighted by Crippen LogP contribution is -2.12. The Morgan fingerprint density at radius 2 is 2.19 bits per heavy atom. The van der Waals surface area contributed by atoms with Gasteiger partial charge in [0.1, 0.15) is 0 Å². The number of benzene rings is 1. The van der Waals surface area contributed by atoms with E-state index in [9.17, 15) is 4.79 Å². The SMILES string of the molecule is CCCCCC(=O)Nc1ccc(Cl)cc1N. The van der Waals surface area contributed by atoms with Crippen LogP contribution in [0.3, 0.4) is 0 Å². The number of amides is 1. The number of hydrogen-bond donors (Lipinski definition) is 2. The highest BCUT2D eigenvalue weighted by Crippen LogP contribution is 2.22. The van der Waals surface area contributed by atoms with Gasteiger partial charge in [-0.3, -0.25) is 4.79 Å². The smallest absolute Gasteiger partial charge is 0.224 e. The third-order valence-corrected chi connectivity index (χ3v) is 2.53. The second-order valence-electron chi connectivity index (χ2n) is 3.74. The van der Waals surface area contributed by atoms with Crippen LogP contribution in [-0.4, -0.2) is 5.91 Å². The molecule has 88 valence electrons. The maximum atomic E-state index is 11.5. The molecule has 0 radical (unpaired) electrons. The van der Waals surface area contributed by atoms with E-state index in [1.54, 1.807) is 18.2 Å². The van der Waals surface area contributed by atoms with Crippen LogP contribution in [0.2, 0.25) is 5.02 Å². The molecular formula is C12H17ClN2O. The van der Waals surface area contributed by atoms with Crippen molar-refractivity contribution in [1.82, 2.24) is 0 Å². The molecule has 3 nitrogen and oxygen atoms in total. The van der Waals surface area contributed by atoms with Gasteiger partial charge in [-0.15, -0.1) is 0 Å². The van der Waals surface area contributed by atoms with Gasteiger partial charge in [0.2, 0.25) is 5.91 Å². The van der Waals surface area contributed by atoms with Crippen molar-refractivity contribution in [3.8, 4) is 0 Å². The molecule has 0 aliphatic carbocycles. The summed E-state index contributed by atoms with van der Waals surface area (Å²) in [4.78, 5) is 11.5. The van der Waals surface area contributed by atoms with E-state index >= 15 is 0 Å². The Hall–Kier alpha value is -1.22. The van der Waals surface area contributed by atoms with Gasteiger partial charge < -0.3 is 11.1 Å². The zero-order valence-corrected chi connectivity index (χ0v) is 10.2. The van der Waals surface area contributed by atoms with Crippen molar-refractivity contribution in [2.24, 2.45) is 0 Å². The minimum Gasteiger partial charge on any atom is -0.397 e. The van der Waals surface area contributed by atoms with E-state index < -0.39 is 0 Å². The first-order chi connectivity index (χ1) is 7.63. The lowest BCUT2D eigenvalue weighted by atomic mass is 10.2.